The molecule has 0 aliphatic carbocycles. The number of piperidine rings is 1. The number of carbonyl (C=O) groups excluding carboxylic acids is 1. The third-order valence-electron chi connectivity index (χ3n) is 6.57. The van der Waals surface area contributed by atoms with E-state index >= 15 is 0 Å². The highest BCUT2D eigenvalue weighted by atomic mass is 35.5. The van der Waals surface area contributed by atoms with Gasteiger partial charge in [-0.25, -0.2) is 9.97 Å². The Kier molecular flexibility index (Phi) is 7.25. The molecule has 172 valence electrons. The second kappa shape index (κ2) is 10.1. The molecule has 2 aromatic heterocycles. The lowest BCUT2D eigenvalue weighted by molar-refractivity contribution is -0.117. The Balaban J connectivity index is 1.47. The van der Waals surface area contributed by atoms with E-state index in [0.29, 0.717) is 5.02 Å². The van der Waals surface area contributed by atoms with Crippen molar-refractivity contribution in [1.29, 1.82) is 0 Å². The molecule has 3 heterocycles. The summed E-state index contributed by atoms with van der Waals surface area (Å²) in [5.74, 6) is 1.67. The number of rotatable bonds is 7. The van der Waals surface area contributed by atoms with Crippen LogP contribution in [0.3, 0.4) is 0 Å². The SMILES string of the molecule is CCC1(C=O)CCN(c2cccc(SNc3ccc(Cl)c(-c4c(C)cccc4C)n3)n2)CC1. The number of carbonyl (C=O) groups is 1. The first-order valence-electron chi connectivity index (χ1n) is 11.3. The molecule has 1 aliphatic rings. The van der Waals surface area contributed by atoms with Gasteiger partial charge in [0, 0.05) is 36.0 Å². The summed E-state index contributed by atoms with van der Waals surface area (Å²) in [6.07, 6.45) is 3.80. The van der Waals surface area contributed by atoms with Crippen LogP contribution in [0.15, 0.2) is 53.6 Å². The summed E-state index contributed by atoms with van der Waals surface area (Å²) in [6.45, 7) is 7.94. The number of nitrogens with zero attached hydrogens (tertiary/aromatic N) is 3. The maximum absolute atomic E-state index is 11.5. The van der Waals surface area contributed by atoms with Gasteiger partial charge in [0.2, 0.25) is 0 Å². The van der Waals surface area contributed by atoms with Crippen LogP contribution >= 0.6 is 23.5 Å². The minimum absolute atomic E-state index is 0.169. The largest absolute Gasteiger partial charge is 0.357 e. The maximum Gasteiger partial charge on any atom is 0.136 e. The molecule has 0 spiro atoms. The van der Waals surface area contributed by atoms with E-state index in [1.807, 2.05) is 36.4 Å². The molecule has 0 radical (unpaired) electrons. The summed E-state index contributed by atoms with van der Waals surface area (Å²) in [6, 6.07) is 16.0. The minimum Gasteiger partial charge on any atom is -0.357 e. The molecule has 1 saturated heterocycles. The molecule has 5 nitrogen and oxygen atoms in total. The van der Waals surface area contributed by atoms with E-state index < -0.39 is 0 Å². The van der Waals surface area contributed by atoms with Gasteiger partial charge < -0.3 is 14.4 Å². The summed E-state index contributed by atoms with van der Waals surface area (Å²) in [5.41, 5.74) is 3.97. The summed E-state index contributed by atoms with van der Waals surface area (Å²) < 4.78 is 3.32. The van der Waals surface area contributed by atoms with Crippen molar-refractivity contribution in [2.24, 2.45) is 5.41 Å². The van der Waals surface area contributed by atoms with Crippen LogP contribution in [-0.4, -0.2) is 29.3 Å². The second-order valence-corrected chi connectivity index (χ2v) is 9.89. The fraction of sp³-hybridized carbons (Fsp3) is 0.346. The van der Waals surface area contributed by atoms with Gasteiger partial charge in [0.1, 0.15) is 22.9 Å². The topological polar surface area (TPSA) is 58.1 Å². The van der Waals surface area contributed by atoms with Crippen molar-refractivity contribution >= 4 is 41.5 Å². The highest BCUT2D eigenvalue weighted by Crippen LogP contribution is 2.35. The number of benzene rings is 1. The van der Waals surface area contributed by atoms with Crippen LogP contribution in [0.4, 0.5) is 11.6 Å². The van der Waals surface area contributed by atoms with E-state index in [1.165, 1.54) is 11.9 Å². The van der Waals surface area contributed by atoms with Crippen LogP contribution in [0.2, 0.25) is 5.02 Å². The number of halogens is 1. The van der Waals surface area contributed by atoms with Crippen molar-refractivity contribution in [2.75, 3.05) is 22.7 Å². The fourth-order valence-corrected chi connectivity index (χ4v) is 5.15. The van der Waals surface area contributed by atoms with Gasteiger partial charge in [-0.2, -0.15) is 0 Å². The van der Waals surface area contributed by atoms with Crippen molar-refractivity contribution in [1.82, 2.24) is 9.97 Å². The molecule has 1 N–H and O–H groups in total. The number of hydrogen-bond donors (Lipinski definition) is 1. The molecule has 1 aliphatic heterocycles. The minimum atomic E-state index is -0.169. The summed E-state index contributed by atoms with van der Waals surface area (Å²) >= 11 is 7.93. The lowest BCUT2D eigenvalue weighted by Crippen LogP contribution is -2.41. The van der Waals surface area contributed by atoms with E-state index in [0.717, 1.165) is 77.7 Å². The van der Waals surface area contributed by atoms with Crippen molar-refractivity contribution < 1.29 is 4.79 Å². The first-order chi connectivity index (χ1) is 15.9. The van der Waals surface area contributed by atoms with Crippen LogP contribution in [-0.2, 0) is 4.79 Å². The molecule has 0 amide bonds. The van der Waals surface area contributed by atoms with Crippen LogP contribution in [0.25, 0.3) is 11.3 Å². The zero-order valence-corrected chi connectivity index (χ0v) is 20.8. The lowest BCUT2D eigenvalue weighted by atomic mass is 9.77. The van der Waals surface area contributed by atoms with Crippen molar-refractivity contribution in [3.63, 3.8) is 0 Å². The number of hydrogen-bond acceptors (Lipinski definition) is 6. The van der Waals surface area contributed by atoms with Gasteiger partial charge in [0.25, 0.3) is 0 Å². The maximum atomic E-state index is 11.5. The molecule has 3 aromatic rings. The van der Waals surface area contributed by atoms with Crippen LogP contribution in [0, 0.1) is 19.3 Å². The molecule has 7 heteroatoms. The number of nitrogens with one attached hydrogen (secondary N) is 1. The second-order valence-electron chi connectivity index (χ2n) is 8.65. The number of pyridine rings is 2. The summed E-state index contributed by atoms with van der Waals surface area (Å²) in [5, 5.41) is 1.49. The van der Waals surface area contributed by atoms with Gasteiger partial charge in [-0.3, -0.25) is 0 Å². The smallest absolute Gasteiger partial charge is 0.136 e. The first-order valence-corrected chi connectivity index (χ1v) is 12.5. The Bertz CT molecular complexity index is 1120. The van der Waals surface area contributed by atoms with Crippen molar-refractivity contribution in [2.45, 2.75) is 45.1 Å². The number of aromatic nitrogens is 2. The Morgan fingerprint density at radius 2 is 1.76 bits per heavy atom. The van der Waals surface area contributed by atoms with Gasteiger partial charge in [0.15, 0.2) is 0 Å². The molecular weight excluding hydrogens is 452 g/mol. The Hall–Kier alpha value is -2.57. The molecule has 1 fully saturated rings. The van der Waals surface area contributed by atoms with E-state index in [1.54, 1.807) is 0 Å². The van der Waals surface area contributed by atoms with Gasteiger partial charge in [0.05, 0.1) is 10.7 Å². The zero-order valence-electron chi connectivity index (χ0n) is 19.3. The standard InChI is InChI=1S/C26H29ClN4OS/c1-4-26(17-32)13-15-31(16-14-26)22-9-6-10-23(29-22)33-30-21-12-11-20(27)25(28-21)24-18(2)7-5-8-19(24)3/h5-12,17H,4,13-16H2,1-3H3,(H,28,30). The van der Waals surface area contributed by atoms with Gasteiger partial charge in [-0.1, -0.05) is 42.8 Å². The average Bonchev–Trinajstić information content (AvgIpc) is 2.84. The monoisotopic (exact) mass is 480 g/mol. The zero-order chi connectivity index (χ0) is 23.4. The molecule has 0 unspecified atom stereocenters. The van der Waals surface area contributed by atoms with Gasteiger partial charge >= 0.3 is 0 Å². The third kappa shape index (κ3) is 5.17. The van der Waals surface area contributed by atoms with Crippen LogP contribution in [0.5, 0.6) is 0 Å². The molecule has 0 bridgehead atoms. The molecule has 33 heavy (non-hydrogen) atoms. The van der Waals surface area contributed by atoms with Gasteiger partial charge in [-0.05, 0) is 68.5 Å². The lowest BCUT2D eigenvalue weighted by Gasteiger charge is -2.38. The number of aryl methyl sites for hydroxylation is 2. The van der Waals surface area contributed by atoms with E-state index in [2.05, 4.69) is 42.5 Å². The summed E-state index contributed by atoms with van der Waals surface area (Å²) in [4.78, 5) is 23.4. The van der Waals surface area contributed by atoms with E-state index in [9.17, 15) is 4.79 Å². The highest BCUT2D eigenvalue weighted by Gasteiger charge is 2.33. The first kappa shape index (κ1) is 23.6. The average molecular weight is 481 g/mol. The van der Waals surface area contributed by atoms with E-state index in [-0.39, 0.29) is 5.41 Å². The molecule has 4 rings (SSSR count). The van der Waals surface area contributed by atoms with E-state index in [4.69, 9.17) is 21.6 Å². The summed E-state index contributed by atoms with van der Waals surface area (Å²) in [7, 11) is 0. The van der Waals surface area contributed by atoms with Crippen molar-refractivity contribution in [3.8, 4) is 11.3 Å². The Morgan fingerprint density at radius 1 is 1.06 bits per heavy atom. The predicted octanol–water partition coefficient (Wildman–Crippen LogP) is 6.73. The fourth-order valence-electron chi connectivity index (χ4n) is 4.34. The quantitative estimate of drug-likeness (QED) is 0.299. The normalized spacial score (nSPS) is 15.3. The Labute approximate surface area is 205 Å². The van der Waals surface area contributed by atoms with Gasteiger partial charge in [-0.15, -0.1) is 0 Å². The van der Waals surface area contributed by atoms with Crippen molar-refractivity contribution in [3.05, 3.63) is 64.7 Å². The number of anilines is 2. The van der Waals surface area contributed by atoms with Crippen LogP contribution < -0.4 is 9.62 Å². The molecular formula is C26H29ClN4OS. The highest BCUT2D eigenvalue weighted by molar-refractivity contribution is 8.00. The Morgan fingerprint density at radius 3 is 2.42 bits per heavy atom. The predicted molar refractivity (Wildman–Crippen MR) is 138 cm³/mol. The van der Waals surface area contributed by atoms with Crippen LogP contribution in [0.1, 0.15) is 37.3 Å². The third-order valence-corrected chi connectivity index (χ3v) is 7.62. The molecule has 0 saturated carbocycles. The number of aldehydes is 1. The molecule has 1 aromatic carbocycles. The molecule has 0 atom stereocenters.